The zero-order chi connectivity index (χ0) is 26.1. The molecular formula is C28H32F2N4O. The Hall–Kier alpha value is -3.53. The molecule has 5 nitrogen and oxygen atoms in total. The monoisotopic (exact) mass is 478 g/mol. The Morgan fingerprint density at radius 1 is 1.37 bits per heavy atom. The van der Waals surface area contributed by atoms with Crippen LogP contribution in [0.25, 0.3) is 11.1 Å². The predicted octanol–water partition coefficient (Wildman–Crippen LogP) is 6.85. The van der Waals surface area contributed by atoms with Crippen molar-refractivity contribution in [2.24, 2.45) is 21.8 Å². The van der Waals surface area contributed by atoms with Gasteiger partial charge in [0.25, 0.3) is 5.91 Å². The number of rotatable bonds is 10. The van der Waals surface area contributed by atoms with Gasteiger partial charge < -0.3 is 0 Å². The highest BCUT2D eigenvalue weighted by Crippen LogP contribution is 2.39. The number of hydrogen-bond donors (Lipinski definition) is 0. The van der Waals surface area contributed by atoms with Crippen LogP contribution in [0.3, 0.4) is 0 Å². The van der Waals surface area contributed by atoms with E-state index in [0.29, 0.717) is 29.0 Å². The summed E-state index contributed by atoms with van der Waals surface area (Å²) in [6.07, 6.45) is 7.62. The zero-order valence-corrected chi connectivity index (χ0v) is 20.9. The maximum absolute atomic E-state index is 14.1. The molecule has 1 amide bonds. The van der Waals surface area contributed by atoms with E-state index in [9.17, 15) is 18.8 Å². The van der Waals surface area contributed by atoms with E-state index in [4.69, 9.17) is 0 Å². The Morgan fingerprint density at radius 3 is 2.57 bits per heavy atom. The van der Waals surface area contributed by atoms with Gasteiger partial charge in [-0.2, -0.15) is 5.26 Å². The van der Waals surface area contributed by atoms with Gasteiger partial charge >= 0.3 is 0 Å². The van der Waals surface area contributed by atoms with Gasteiger partial charge in [-0.3, -0.25) is 19.2 Å². The number of halogens is 2. The summed E-state index contributed by atoms with van der Waals surface area (Å²) in [4.78, 5) is 25.1. The molecule has 7 heteroatoms. The van der Waals surface area contributed by atoms with Crippen molar-refractivity contribution < 1.29 is 13.6 Å². The van der Waals surface area contributed by atoms with Crippen LogP contribution in [0, 0.1) is 29.0 Å². The Labute approximate surface area is 206 Å². The Kier molecular flexibility index (Phi) is 10.1. The summed E-state index contributed by atoms with van der Waals surface area (Å²) >= 11 is 0. The number of carbonyl (C=O) groups excluding carboxylic acids is 1. The van der Waals surface area contributed by atoms with Gasteiger partial charge in [0.15, 0.2) is 0 Å². The lowest BCUT2D eigenvalue weighted by Gasteiger charge is -2.28. The standard InChI is InChI=1S/C28H32F2N4O/c1-7-21(13-29)20(6)34-28(35)22(8-2)15-32-19(5)17(3)26(14-31)25-12-24(30)16-33-27(25)18(4)23-10-9-11-23/h8,12,15-16,21,23H,4-5,7,9-11,13H2,1-3,6H3/b22-8+,26-17?,32-15?,34-20?. The minimum Gasteiger partial charge on any atom is -0.267 e. The molecule has 1 aromatic heterocycles. The third kappa shape index (κ3) is 6.75. The zero-order valence-electron chi connectivity index (χ0n) is 20.9. The number of pyridine rings is 1. The molecule has 1 aromatic rings. The smallest absolute Gasteiger partial charge is 0.267 e. The maximum Gasteiger partial charge on any atom is 0.278 e. The van der Waals surface area contributed by atoms with Crippen molar-refractivity contribution in [2.45, 2.75) is 53.4 Å². The fourth-order valence-electron chi connectivity index (χ4n) is 3.66. The number of aromatic nitrogens is 1. The van der Waals surface area contributed by atoms with E-state index in [-0.39, 0.29) is 22.8 Å². The topological polar surface area (TPSA) is 78.5 Å². The molecule has 0 aliphatic heterocycles. The van der Waals surface area contributed by atoms with Crippen LogP contribution >= 0.6 is 0 Å². The largest absolute Gasteiger partial charge is 0.278 e. The SMILES string of the molecule is C=C(N=C/C(=C\C)C(=O)N=C(C)C(CC)CF)C(C)=C(C#N)c1cc(F)cnc1C(=C)C1CCC1. The van der Waals surface area contributed by atoms with Gasteiger partial charge in [0.1, 0.15) is 11.9 Å². The molecule has 1 saturated carbocycles. The second-order valence-corrected chi connectivity index (χ2v) is 8.58. The Morgan fingerprint density at radius 2 is 2.06 bits per heavy atom. The molecule has 1 heterocycles. The van der Waals surface area contributed by atoms with Gasteiger partial charge in [-0.15, -0.1) is 0 Å². The first-order chi connectivity index (χ1) is 16.7. The van der Waals surface area contributed by atoms with Gasteiger partial charge in [-0.05, 0) is 63.2 Å². The first-order valence-electron chi connectivity index (χ1n) is 11.7. The van der Waals surface area contributed by atoms with E-state index in [0.717, 1.165) is 31.0 Å². The summed E-state index contributed by atoms with van der Waals surface area (Å²) in [5, 5.41) is 9.92. The molecule has 1 atom stereocenters. The number of allylic oxidation sites excluding steroid dienone is 4. The van der Waals surface area contributed by atoms with Crippen LogP contribution in [-0.2, 0) is 4.79 Å². The van der Waals surface area contributed by atoms with Crippen molar-refractivity contribution in [3.8, 4) is 6.07 Å². The lowest BCUT2D eigenvalue weighted by atomic mass is 9.77. The summed E-state index contributed by atoms with van der Waals surface area (Å²) < 4.78 is 27.2. The molecule has 184 valence electrons. The first kappa shape index (κ1) is 27.7. The van der Waals surface area contributed by atoms with E-state index in [2.05, 4.69) is 34.2 Å². The molecule has 0 saturated heterocycles. The highest BCUT2D eigenvalue weighted by Gasteiger charge is 2.25. The molecule has 1 aliphatic carbocycles. The Bertz CT molecular complexity index is 1160. The highest BCUT2D eigenvalue weighted by atomic mass is 19.1. The summed E-state index contributed by atoms with van der Waals surface area (Å²) in [6, 6.07) is 3.41. The van der Waals surface area contributed by atoms with E-state index in [1.807, 2.05) is 6.92 Å². The van der Waals surface area contributed by atoms with Crippen LogP contribution in [0.4, 0.5) is 8.78 Å². The summed E-state index contributed by atoms with van der Waals surface area (Å²) in [7, 11) is 0. The van der Waals surface area contributed by atoms with Crippen LogP contribution in [0.5, 0.6) is 0 Å². The van der Waals surface area contributed by atoms with Crippen LogP contribution in [0.15, 0.2) is 58.3 Å². The van der Waals surface area contributed by atoms with Crippen molar-refractivity contribution in [1.29, 1.82) is 5.26 Å². The van der Waals surface area contributed by atoms with Crippen LogP contribution < -0.4 is 0 Å². The van der Waals surface area contributed by atoms with Gasteiger partial charge in [0.2, 0.25) is 0 Å². The molecule has 0 aromatic carbocycles. The normalized spacial score (nSPS) is 16.4. The van der Waals surface area contributed by atoms with Crippen molar-refractivity contribution in [3.63, 3.8) is 0 Å². The maximum atomic E-state index is 14.1. The molecule has 0 radical (unpaired) electrons. The molecular weight excluding hydrogens is 446 g/mol. The minimum absolute atomic E-state index is 0.186. The first-order valence-corrected chi connectivity index (χ1v) is 11.7. The van der Waals surface area contributed by atoms with Crippen molar-refractivity contribution in [2.75, 3.05) is 6.67 Å². The van der Waals surface area contributed by atoms with E-state index < -0.39 is 24.3 Å². The van der Waals surface area contributed by atoms with E-state index >= 15 is 0 Å². The van der Waals surface area contributed by atoms with Crippen molar-refractivity contribution in [3.05, 3.63) is 65.4 Å². The van der Waals surface area contributed by atoms with E-state index in [1.165, 1.54) is 12.3 Å². The number of carbonyl (C=O) groups is 1. The third-order valence-electron chi connectivity index (χ3n) is 6.41. The third-order valence-corrected chi connectivity index (χ3v) is 6.41. The lowest BCUT2D eigenvalue weighted by Crippen LogP contribution is -2.15. The van der Waals surface area contributed by atoms with Crippen LogP contribution in [-0.4, -0.2) is 29.5 Å². The molecule has 0 spiro atoms. The van der Waals surface area contributed by atoms with E-state index in [1.54, 1.807) is 26.8 Å². The van der Waals surface area contributed by atoms with Crippen molar-refractivity contribution >= 4 is 29.0 Å². The van der Waals surface area contributed by atoms with Crippen molar-refractivity contribution in [1.82, 2.24) is 4.98 Å². The van der Waals surface area contributed by atoms with Gasteiger partial charge in [0, 0.05) is 23.4 Å². The highest BCUT2D eigenvalue weighted by molar-refractivity contribution is 6.16. The number of nitrogens with zero attached hydrogens (tertiary/aromatic N) is 4. The number of amides is 1. The lowest BCUT2D eigenvalue weighted by molar-refractivity contribution is -0.113. The van der Waals surface area contributed by atoms with Crippen LogP contribution in [0.2, 0.25) is 0 Å². The quantitative estimate of drug-likeness (QED) is 0.160. The summed E-state index contributed by atoms with van der Waals surface area (Å²) in [5.74, 6) is -1.24. The average Bonchev–Trinajstić information content (AvgIpc) is 2.79. The summed E-state index contributed by atoms with van der Waals surface area (Å²) in [5.41, 5.74) is 3.09. The minimum atomic E-state index is -0.583. The molecule has 1 fully saturated rings. The Balaban J connectivity index is 2.37. The fraction of sp³-hybridized carbons (Fsp3) is 0.393. The molecule has 2 rings (SSSR count). The molecule has 1 unspecified atom stereocenters. The second-order valence-electron chi connectivity index (χ2n) is 8.58. The molecule has 0 N–H and O–H groups in total. The predicted molar refractivity (Wildman–Crippen MR) is 138 cm³/mol. The molecule has 35 heavy (non-hydrogen) atoms. The average molecular weight is 479 g/mol. The summed E-state index contributed by atoms with van der Waals surface area (Å²) in [6.45, 7) is 14.3. The van der Waals surface area contributed by atoms with Gasteiger partial charge in [-0.1, -0.05) is 32.6 Å². The second kappa shape index (κ2) is 12.8. The number of aliphatic imine (C=N–C) groups is 2. The number of nitriles is 1. The number of hydrogen-bond acceptors (Lipinski definition) is 4. The fourth-order valence-corrected chi connectivity index (χ4v) is 3.66. The molecule has 0 bridgehead atoms. The van der Waals surface area contributed by atoms with Crippen LogP contribution in [0.1, 0.15) is 64.6 Å². The van der Waals surface area contributed by atoms with Gasteiger partial charge in [0.05, 0.1) is 35.4 Å². The number of alkyl halides is 1. The molecule has 1 aliphatic rings. The van der Waals surface area contributed by atoms with Gasteiger partial charge in [-0.25, -0.2) is 9.38 Å².